The van der Waals surface area contributed by atoms with E-state index in [4.69, 9.17) is 4.42 Å². The lowest BCUT2D eigenvalue weighted by Crippen LogP contribution is -2.24. The zero-order chi connectivity index (χ0) is 21.5. The van der Waals surface area contributed by atoms with Crippen molar-refractivity contribution in [1.82, 2.24) is 19.9 Å². The highest BCUT2D eigenvalue weighted by Crippen LogP contribution is 2.31. The highest BCUT2D eigenvalue weighted by Gasteiger charge is 2.32. The van der Waals surface area contributed by atoms with Crippen LogP contribution in [0.2, 0.25) is 0 Å². The molecule has 6 nitrogen and oxygen atoms in total. The Balaban J connectivity index is 1.49. The highest BCUT2D eigenvalue weighted by atomic mass is 19.4. The second-order valence-electron chi connectivity index (χ2n) is 6.78. The molecular formula is C21H17F3N4O2. The van der Waals surface area contributed by atoms with Crippen molar-refractivity contribution in [2.24, 2.45) is 0 Å². The summed E-state index contributed by atoms with van der Waals surface area (Å²) in [5.74, 6) is 0.604. The smallest absolute Gasteiger partial charge is 0.416 e. The summed E-state index contributed by atoms with van der Waals surface area (Å²) in [4.78, 5) is 16.6. The van der Waals surface area contributed by atoms with Crippen LogP contribution in [0.1, 0.15) is 33.0 Å². The molecule has 0 radical (unpaired) electrons. The van der Waals surface area contributed by atoms with Crippen LogP contribution in [0.25, 0.3) is 17.2 Å². The van der Waals surface area contributed by atoms with Crippen LogP contribution in [0.3, 0.4) is 0 Å². The van der Waals surface area contributed by atoms with Crippen LogP contribution in [-0.2, 0) is 12.7 Å². The highest BCUT2D eigenvalue weighted by molar-refractivity contribution is 5.94. The van der Waals surface area contributed by atoms with E-state index in [0.29, 0.717) is 28.6 Å². The number of alkyl halides is 3. The Bertz CT molecular complexity index is 1190. The molecule has 2 aromatic carbocycles. The number of aromatic nitrogens is 3. The Morgan fingerprint density at radius 3 is 2.47 bits per heavy atom. The summed E-state index contributed by atoms with van der Waals surface area (Å²) in [7, 11) is 0. The maximum atomic E-state index is 13.1. The number of carbonyl (C=O) groups excluding carboxylic acids is 1. The van der Waals surface area contributed by atoms with Gasteiger partial charge in [-0.2, -0.15) is 17.7 Å². The second-order valence-corrected chi connectivity index (χ2v) is 6.78. The number of hydrogen-bond donors (Lipinski definition) is 1. The third-order valence-corrected chi connectivity index (χ3v) is 4.68. The van der Waals surface area contributed by atoms with Gasteiger partial charge in [0.2, 0.25) is 11.6 Å². The molecule has 0 aliphatic rings. The van der Waals surface area contributed by atoms with Gasteiger partial charge in [0.1, 0.15) is 11.5 Å². The first-order chi connectivity index (χ1) is 14.2. The third-order valence-electron chi connectivity index (χ3n) is 4.68. The fourth-order valence-electron chi connectivity index (χ4n) is 3.19. The normalized spacial score (nSPS) is 11.8. The summed E-state index contributed by atoms with van der Waals surface area (Å²) in [5.41, 5.74) is 1.49. The molecule has 2 heterocycles. The minimum atomic E-state index is -4.48. The van der Waals surface area contributed by atoms with Crippen molar-refractivity contribution in [3.8, 4) is 11.5 Å². The van der Waals surface area contributed by atoms with Gasteiger partial charge in [-0.15, -0.1) is 5.10 Å². The van der Waals surface area contributed by atoms with E-state index >= 15 is 0 Å². The molecule has 9 heteroatoms. The Labute approximate surface area is 169 Å². The number of benzene rings is 2. The molecule has 2 aromatic heterocycles. The zero-order valence-electron chi connectivity index (χ0n) is 16.1. The minimum absolute atomic E-state index is 0.00458. The molecule has 30 heavy (non-hydrogen) atoms. The predicted molar refractivity (Wildman–Crippen MR) is 103 cm³/mol. The molecule has 0 aliphatic carbocycles. The van der Waals surface area contributed by atoms with Crippen molar-refractivity contribution in [1.29, 1.82) is 0 Å². The number of aryl methyl sites for hydroxylation is 2. The van der Waals surface area contributed by atoms with Crippen molar-refractivity contribution in [2.45, 2.75) is 26.6 Å². The van der Waals surface area contributed by atoms with Crippen LogP contribution in [0.5, 0.6) is 0 Å². The molecule has 0 saturated heterocycles. The van der Waals surface area contributed by atoms with E-state index in [-0.39, 0.29) is 12.1 Å². The fourth-order valence-corrected chi connectivity index (χ4v) is 3.19. The molecule has 0 aliphatic heterocycles. The summed E-state index contributed by atoms with van der Waals surface area (Å²) < 4.78 is 46.6. The molecule has 0 saturated carbocycles. The number of nitrogens with zero attached hydrogens (tertiary/aromatic N) is 3. The summed E-state index contributed by atoms with van der Waals surface area (Å²) >= 11 is 0. The molecule has 0 fully saturated rings. The number of hydrogen-bond acceptors (Lipinski definition) is 4. The van der Waals surface area contributed by atoms with Gasteiger partial charge < -0.3 is 9.73 Å². The summed E-state index contributed by atoms with van der Waals surface area (Å²) in [5, 5.41) is 6.90. The van der Waals surface area contributed by atoms with Crippen molar-refractivity contribution in [3.05, 3.63) is 76.7 Å². The van der Waals surface area contributed by atoms with Gasteiger partial charge in [0.15, 0.2) is 0 Å². The van der Waals surface area contributed by atoms with E-state index < -0.39 is 17.6 Å². The van der Waals surface area contributed by atoms with Crippen LogP contribution in [0.4, 0.5) is 13.2 Å². The lowest BCUT2D eigenvalue weighted by Gasteiger charge is -2.13. The third kappa shape index (κ3) is 3.66. The standard InChI is InChI=1S/C21H17F3N4O2/c1-12-20-28(13(2)26-12)27-19(30-20)15-9-7-14(8-10-15)18(29)25-11-16-5-3-4-6-17(16)21(22,23)24/h3-10H,11H2,1-2H3,(H,25,29). The molecule has 4 aromatic rings. The molecular weight excluding hydrogens is 397 g/mol. The summed E-state index contributed by atoms with van der Waals surface area (Å²) in [6.07, 6.45) is -4.48. The number of fused-ring (bicyclic) bond motifs is 1. The van der Waals surface area contributed by atoms with E-state index in [9.17, 15) is 18.0 Å². The van der Waals surface area contributed by atoms with E-state index in [0.717, 1.165) is 11.8 Å². The van der Waals surface area contributed by atoms with Crippen LogP contribution in [0.15, 0.2) is 52.9 Å². The van der Waals surface area contributed by atoms with Gasteiger partial charge in [-0.3, -0.25) is 4.79 Å². The van der Waals surface area contributed by atoms with E-state index in [1.165, 1.54) is 18.2 Å². The lowest BCUT2D eigenvalue weighted by molar-refractivity contribution is -0.138. The fraction of sp³-hybridized carbons (Fsp3) is 0.190. The number of imidazole rings is 1. The number of carbonyl (C=O) groups is 1. The predicted octanol–water partition coefficient (Wildman–Crippen LogP) is 4.55. The SMILES string of the molecule is Cc1nc(C)n2nc(-c3ccc(C(=O)NCc4ccccc4C(F)(F)F)cc3)oc12. The first-order valence-electron chi connectivity index (χ1n) is 9.10. The van der Waals surface area contributed by atoms with Crippen molar-refractivity contribution in [2.75, 3.05) is 0 Å². The van der Waals surface area contributed by atoms with Gasteiger partial charge in [-0.25, -0.2) is 4.98 Å². The largest absolute Gasteiger partial charge is 0.416 e. The molecule has 1 amide bonds. The monoisotopic (exact) mass is 414 g/mol. The molecule has 0 bridgehead atoms. The molecule has 0 spiro atoms. The number of rotatable bonds is 4. The first-order valence-corrected chi connectivity index (χ1v) is 9.10. The molecule has 1 N–H and O–H groups in total. The maximum Gasteiger partial charge on any atom is 0.416 e. The average molecular weight is 414 g/mol. The number of nitrogens with one attached hydrogen (secondary N) is 1. The van der Waals surface area contributed by atoms with Crippen molar-refractivity contribution in [3.63, 3.8) is 0 Å². The number of halogens is 3. The lowest BCUT2D eigenvalue weighted by atomic mass is 10.1. The maximum absolute atomic E-state index is 13.1. The van der Waals surface area contributed by atoms with Crippen LogP contribution >= 0.6 is 0 Å². The minimum Gasteiger partial charge on any atom is -0.416 e. The van der Waals surface area contributed by atoms with Crippen LogP contribution < -0.4 is 5.32 Å². The summed E-state index contributed by atoms with van der Waals surface area (Å²) in [6, 6.07) is 11.6. The van der Waals surface area contributed by atoms with Gasteiger partial charge in [0.05, 0.1) is 5.56 Å². The van der Waals surface area contributed by atoms with E-state index in [2.05, 4.69) is 15.4 Å². The van der Waals surface area contributed by atoms with Gasteiger partial charge in [0, 0.05) is 17.7 Å². The van der Waals surface area contributed by atoms with E-state index in [1.54, 1.807) is 28.8 Å². The average Bonchev–Trinajstić information content (AvgIpc) is 3.27. The molecule has 0 atom stereocenters. The zero-order valence-corrected chi connectivity index (χ0v) is 16.1. The molecule has 0 unspecified atom stereocenters. The molecule has 4 rings (SSSR count). The Hall–Kier alpha value is -3.62. The second kappa shape index (κ2) is 7.33. The molecule has 154 valence electrons. The Morgan fingerprint density at radius 2 is 1.80 bits per heavy atom. The Morgan fingerprint density at radius 1 is 1.10 bits per heavy atom. The van der Waals surface area contributed by atoms with Crippen LogP contribution in [0, 0.1) is 13.8 Å². The summed E-state index contributed by atoms with van der Waals surface area (Å²) in [6.45, 7) is 3.41. The van der Waals surface area contributed by atoms with E-state index in [1.807, 2.05) is 13.8 Å². The van der Waals surface area contributed by atoms with Crippen LogP contribution in [-0.4, -0.2) is 20.5 Å². The topological polar surface area (TPSA) is 72.4 Å². The van der Waals surface area contributed by atoms with Gasteiger partial charge >= 0.3 is 6.18 Å². The first kappa shape index (κ1) is 19.7. The van der Waals surface area contributed by atoms with Gasteiger partial charge in [-0.1, -0.05) is 18.2 Å². The van der Waals surface area contributed by atoms with Crippen molar-refractivity contribution >= 4 is 11.6 Å². The quantitative estimate of drug-likeness (QED) is 0.532. The van der Waals surface area contributed by atoms with Gasteiger partial charge in [0.25, 0.3) is 5.91 Å². The van der Waals surface area contributed by atoms with Gasteiger partial charge in [-0.05, 0) is 49.7 Å². The number of amides is 1. The van der Waals surface area contributed by atoms with Crippen molar-refractivity contribution < 1.29 is 22.4 Å². The Kier molecular flexibility index (Phi) is 4.81.